The number of benzene rings is 2. The highest BCUT2D eigenvalue weighted by atomic mass is 79.9. The fraction of sp³-hybridized carbons (Fsp3) is 0.267. The Bertz CT molecular complexity index is 617. The van der Waals surface area contributed by atoms with Crippen LogP contribution in [-0.2, 0) is 4.79 Å². The number of fused-ring (bicyclic) bond motifs is 1. The summed E-state index contributed by atoms with van der Waals surface area (Å²) in [4.78, 5) is 11.4. The van der Waals surface area contributed by atoms with E-state index in [4.69, 9.17) is 0 Å². The Balaban J connectivity index is 2.08. The summed E-state index contributed by atoms with van der Waals surface area (Å²) in [5.41, 5.74) is 0.926. The first-order valence-electron chi connectivity index (χ1n) is 6.07. The molecule has 0 spiro atoms. The average molecular weight is 305 g/mol. The van der Waals surface area contributed by atoms with Crippen LogP contribution in [0.2, 0.25) is 0 Å². The zero-order valence-corrected chi connectivity index (χ0v) is 11.4. The van der Waals surface area contributed by atoms with Crippen LogP contribution >= 0.6 is 15.9 Å². The van der Waals surface area contributed by atoms with Gasteiger partial charge >= 0.3 is 5.97 Å². The molecule has 3 heteroatoms. The van der Waals surface area contributed by atoms with Gasteiger partial charge in [0.2, 0.25) is 0 Å². The number of halogens is 1. The Labute approximate surface area is 114 Å². The lowest BCUT2D eigenvalue weighted by molar-refractivity contribution is -0.139. The van der Waals surface area contributed by atoms with E-state index < -0.39 is 5.97 Å². The molecule has 1 saturated carbocycles. The lowest BCUT2D eigenvalue weighted by Crippen LogP contribution is -2.13. The first-order valence-corrected chi connectivity index (χ1v) is 6.86. The van der Waals surface area contributed by atoms with Crippen LogP contribution in [0.1, 0.15) is 24.3 Å². The van der Waals surface area contributed by atoms with Crippen LogP contribution in [0.3, 0.4) is 0 Å². The predicted molar refractivity (Wildman–Crippen MR) is 74.7 cm³/mol. The Morgan fingerprint density at radius 2 is 1.89 bits per heavy atom. The van der Waals surface area contributed by atoms with Gasteiger partial charge in [-0.15, -0.1) is 0 Å². The minimum absolute atomic E-state index is 0.326. The number of carboxylic acid groups (broad SMARTS) is 1. The molecule has 0 saturated heterocycles. The molecular formula is C15H13BrO2. The molecule has 92 valence electrons. The molecule has 0 amide bonds. The van der Waals surface area contributed by atoms with Crippen molar-refractivity contribution in [3.05, 3.63) is 46.4 Å². The maximum absolute atomic E-state index is 11.4. The van der Waals surface area contributed by atoms with Crippen molar-refractivity contribution in [2.24, 2.45) is 5.92 Å². The zero-order valence-electron chi connectivity index (χ0n) is 9.77. The number of carbonyl (C=O) groups is 1. The van der Waals surface area contributed by atoms with Gasteiger partial charge in [0.1, 0.15) is 0 Å². The molecule has 2 aromatic rings. The monoisotopic (exact) mass is 304 g/mol. The lowest BCUT2D eigenvalue weighted by Gasteiger charge is -2.12. The normalized spacial score (nSPS) is 16.7. The van der Waals surface area contributed by atoms with Crippen molar-refractivity contribution in [1.82, 2.24) is 0 Å². The molecule has 1 unspecified atom stereocenters. The van der Waals surface area contributed by atoms with Gasteiger partial charge in [-0.1, -0.05) is 40.2 Å². The SMILES string of the molecule is O=C(O)C(c1ccc2ccc(Br)cc2c1)C1CC1. The van der Waals surface area contributed by atoms with Crippen molar-refractivity contribution >= 4 is 32.7 Å². The van der Waals surface area contributed by atoms with Crippen molar-refractivity contribution in [3.8, 4) is 0 Å². The molecule has 0 heterocycles. The van der Waals surface area contributed by atoms with Gasteiger partial charge in [-0.2, -0.15) is 0 Å². The van der Waals surface area contributed by atoms with Crippen LogP contribution < -0.4 is 0 Å². The summed E-state index contributed by atoms with van der Waals surface area (Å²) in [6.07, 6.45) is 2.07. The minimum atomic E-state index is -0.702. The summed E-state index contributed by atoms with van der Waals surface area (Å²) in [5, 5.41) is 11.6. The molecular weight excluding hydrogens is 292 g/mol. The van der Waals surface area contributed by atoms with Crippen LogP contribution in [0.5, 0.6) is 0 Å². The smallest absolute Gasteiger partial charge is 0.311 e. The molecule has 2 nitrogen and oxygen atoms in total. The number of rotatable bonds is 3. The fourth-order valence-corrected chi connectivity index (χ4v) is 2.85. The average Bonchev–Trinajstić information content (AvgIpc) is 3.12. The van der Waals surface area contributed by atoms with Crippen LogP contribution in [0.15, 0.2) is 40.9 Å². The molecule has 3 rings (SSSR count). The summed E-state index contributed by atoms with van der Waals surface area (Å²) in [6, 6.07) is 12.0. The Morgan fingerprint density at radius 3 is 2.56 bits per heavy atom. The molecule has 0 bridgehead atoms. The fourth-order valence-electron chi connectivity index (χ4n) is 2.48. The first kappa shape index (κ1) is 11.7. The molecule has 1 atom stereocenters. The van der Waals surface area contributed by atoms with Crippen LogP contribution in [0.4, 0.5) is 0 Å². The van der Waals surface area contributed by atoms with E-state index in [-0.39, 0.29) is 5.92 Å². The predicted octanol–water partition coefficient (Wildman–Crippen LogP) is 4.18. The molecule has 2 aromatic carbocycles. The third-order valence-electron chi connectivity index (χ3n) is 3.54. The molecule has 1 aliphatic carbocycles. The van der Waals surface area contributed by atoms with E-state index >= 15 is 0 Å². The number of hydrogen-bond donors (Lipinski definition) is 1. The number of hydrogen-bond acceptors (Lipinski definition) is 1. The Morgan fingerprint density at radius 1 is 1.17 bits per heavy atom. The van der Waals surface area contributed by atoms with E-state index in [2.05, 4.69) is 15.9 Å². The second-order valence-corrected chi connectivity index (χ2v) is 5.82. The van der Waals surface area contributed by atoms with Crippen LogP contribution in [-0.4, -0.2) is 11.1 Å². The standard InChI is InChI=1S/C15H13BrO2/c16-13-6-5-9-1-4-11(7-12(9)8-13)14(15(17)18)10-2-3-10/h1,4-8,10,14H,2-3H2,(H,17,18). The third kappa shape index (κ3) is 2.15. The van der Waals surface area contributed by atoms with Gasteiger partial charge in [-0.25, -0.2) is 0 Å². The topological polar surface area (TPSA) is 37.3 Å². The summed E-state index contributed by atoms with van der Waals surface area (Å²) in [7, 11) is 0. The van der Waals surface area contributed by atoms with Gasteiger partial charge in [0.15, 0.2) is 0 Å². The van der Waals surface area contributed by atoms with E-state index in [1.165, 1.54) is 0 Å². The number of aliphatic carboxylic acids is 1. The van der Waals surface area contributed by atoms with Crippen molar-refractivity contribution in [2.45, 2.75) is 18.8 Å². The largest absolute Gasteiger partial charge is 0.481 e. The second-order valence-electron chi connectivity index (χ2n) is 4.90. The van der Waals surface area contributed by atoms with Gasteiger partial charge in [0.05, 0.1) is 5.92 Å². The third-order valence-corrected chi connectivity index (χ3v) is 4.04. The van der Waals surface area contributed by atoms with Crippen molar-refractivity contribution in [3.63, 3.8) is 0 Å². The molecule has 0 radical (unpaired) electrons. The van der Waals surface area contributed by atoms with E-state index in [0.29, 0.717) is 5.92 Å². The summed E-state index contributed by atoms with van der Waals surface area (Å²) < 4.78 is 1.02. The maximum atomic E-state index is 11.4. The highest BCUT2D eigenvalue weighted by Gasteiger charge is 2.37. The maximum Gasteiger partial charge on any atom is 0.311 e. The minimum Gasteiger partial charge on any atom is -0.481 e. The van der Waals surface area contributed by atoms with E-state index in [1.54, 1.807) is 0 Å². The molecule has 1 aliphatic rings. The van der Waals surface area contributed by atoms with Crippen molar-refractivity contribution < 1.29 is 9.90 Å². The van der Waals surface area contributed by atoms with E-state index in [9.17, 15) is 9.90 Å². The Kier molecular flexibility index (Phi) is 2.86. The molecule has 1 fully saturated rings. The Hall–Kier alpha value is -1.35. The van der Waals surface area contributed by atoms with Gasteiger partial charge in [-0.05, 0) is 47.2 Å². The molecule has 0 aliphatic heterocycles. The van der Waals surface area contributed by atoms with Gasteiger partial charge < -0.3 is 5.11 Å². The summed E-state index contributed by atoms with van der Waals surface area (Å²) in [5.74, 6) is -0.715. The van der Waals surface area contributed by atoms with Gasteiger partial charge in [0.25, 0.3) is 0 Å². The summed E-state index contributed by atoms with van der Waals surface area (Å²) >= 11 is 3.45. The lowest BCUT2D eigenvalue weighted by atomic mass is 9.92. The van der Waals surface area contributed by atoms with Crippen molar-refractivity contribution in [2.75, 3.05) is 0 Å². The highest BCUT2D eigenvalue weighted by Crippen LogP contribution is 2.43. The van der Waals surface area contributed by atoms with Crippen LogP contribution in [0, 0.1) is 5.92 Å². The second kappa shape index (κ2) is 4.39. The molecule has 0 aromatic heterocycles. The van der Waals surface area contributed by atoms with Crippen molar-refractivity contribution in [1.29, 1.82) is 0 Å². The van der Waals surface area contributed by atoms with E-state index in [1.807, 2.05) is 36.4 Å². The van der Waals surface area contributed by atoms with Gasteiger partial charge in [-0.3, -0.25) is 4.79 Å². The molecule has 18 heavy (non-hydrogen) atoms. The van der Waals surface area contributed by atoms with E-state index in [0.717, 1.165) is 33.7 Å². The summed E-state index contributed by atoms with van der Waals surface area (Å²) in [6.45, 7) is 0. The van der Waals surface area contributed by atoms with Crippen LogP contribution in [0.25, 0.3) is 10.8 Å². The molecule has 1 N–H and O–H groups in total. The van der Waals surface area contributed by atoms with Gasteiger partial charge in [0, 0.05) is 4.47 Å². The quantitative estimate of drug-likeness (QED) is 0.923. The number of carboxylic acids is 1. The first-order chi connectivity index (χ1) is 8.65. The zero-order chi connectivity index (χ0) is 12.7. The highest BCUT2D eigenvalue weighted by molar-refractivity contribution is 9.10.